The van der Waals surface area contributed by atoms with Gasteiger partial charge in [0.05, 0.1) is 11.3 Å². The molecule has 0 aliphatic heterocycles. The summed E-state index contributed by atoms with van der Waals surface area (Å²) >= 11 is 1.42. The quantitative estimate of drug-likeness (QED) is 0.554. The first-order valence-corrected chi connectivity index (χ1v) is 9.98. The van der Waals surface area contributed by atoms with E-state index in [9.17, 15) is 5.26 Å². The number of nitrogens with zero attached hydrogens (tertiary/aromatic N) is 5. The van der Waals surface area contributed by atoms with Crippen molar-refractivity contribution >= 4 is 17.4 Å². The molecule has 0 radical (unpaired) electrons. The highest BCUT2D eigenvalue weighted by molar-refractivity contribution is 8.00. The van der Waals surface area contributed by atoms with Crippen molar-refractivity contribution in [2.24, 2.45) is 0 Å². The maximum atomic E-state index is 9.18. The van der Waals surface area contributed by atoms with Crippen molar-refractivity contribution in [2.75, 3.05) is 18.0 Å². The van der Waals surface area contributed by atoms with Crippen LogP contribution in [0.3, 0.4) is 0 Å². The zero-order valence-electron chi connectivity index (χ0n) is 15.8. The first-order valence-electron chi connectivity index (χ1n) is 9.10. The number of hydrogen-bond donors (Lipinski definition) is 0. The smallest absolute Gasteiger partial charge is 0.197 e. The van der Waals surface area contributed by atoms with Crippen molar-refractivity contribution in [1.82, 2.24) is 14.8 Å². The Bertz CT molecular complexity index is 908. The van der Waals surface area contributed by atoms with Crippen molar-refractivity contribution in [3.8, 4) is 23.1 Å². The molecule has 0 unspecified atom stereocenters. The summed E-state index contributed by atoms with van der Waals surface area (Å²) in [7, 11) is 0. The van der Waals surface area contributed by atoms with E-state index in [2.05, 4.69) is 59.3 Å². The third kappa shape index (κ3) is 4.15. The van der Waals surface area contributed by atoms with E-state index in [1.165, 1.54) is 17.4 Å². The largest absolute Gasteiger partial charge is 0.372 e. The molecule has 0 amide bonds. The van der Waals surface area contributed by atoms with Gasteiger partial charge in [0, 0.05) is 30.0 Å². The monoisotopic (exact) mass is 377 g/mol. The van der Waals surface area contributed by atoms with Crippen LogP contribution in [0.4, 0.5) is 5.69 Å². The van der Waals surface area contributed by atoms with E-state index in [0.717, 1.165) is 35.3 Å². The minimum absolute atomic E-state index is 0.199. The maximum Gasteiger partial charge on any atom is 0.197 e. The fraction of sp³-hybridized carbons (Fsp3) is 0.286. The van der Waals surface area contributed by atoms with Crippen LogP contribution in [0.1, 0.15) is 20.8 Å². The van der Waals surface area contributed by atoms with Crippen LogP contribution >= 0.6 is 11.8 Å². The van der Waals surface area contributed by atoms with Crippen LogP contribution in [0.2, 0.25) is 0 Å². The Morgan fingerprint density at radius 1 is 1.04 bits per heavy atom. The van der Waals surface area contributed by atoms with Crippen molar-refractivity contribution < 1.29 is 0 Å². The van der Waals surface area contributed by atoms with Gasteiger partial charge in [-0.25, -0.2) is 0 Å². The van der Waals surface area contributed by atoms with Crippen LogP contribution in [-0.2, 0) is 0 Å². The highest BCUT2D eigenvalue weighted by atomic mass is 32.2. The van der Waals surface area contributed by atoms with E-state index in [1.807, 2.05) is 41.8 Å². The second-order valence-corrected chi connectivity index (χ2v) is 7.39. The van der Waals surface area contributed by atoms with Crippen LogP contribution in [0.15, 0.2) is 59.8 Å². The van der Waals surface area contributed by atoms with E-state index < -0.39 is 0 Å². The molecule has 0 aliphatic rings. The van der Waals surface area contributed by atoms with E-state index in [-0.39, 0.29) is 5.25 Å². The van der Waals surface area contributed by atoms with Gasteiger partial charge in [-0.3, -0.25) is 4.57 Å². The Balaban J connectivity index is 2.04. The Kier molecular flexibility index (Phi) is 6.15. The van der Waals surface area contributed by atoms with Gasteiger partial charge < -0.3 is 4.90 Å². The lowest BCUT2D eigenvalue weighted by molar-refractivity contribution is 0.866. The molecule has 1 atom stereocenters. The molecule has 0 saturated carbocycles. The highest BCUT2D eigenvalue weighted by Gasteiger charge is 2.18. The molecule has 0 fully saturated rings. The molecular weight excluding hydrogens is 354 g/mol. The molecular formula is C21H23N5S. The normalized spacial score (nSPS) is 11.8. The van der Waals surface area contributed by atoms with Crippen LogP contribution in [0, 0.1) is 11.3 Å². The minimum atomic E-state index is -0.199. The molecule has 27 heavy (non-hydrogen) atoms. The zero-order chi connectivity index (χ0) is 19.2. The van der Waals surface area contributed by atoms with Gasteiger partial charge >= 0.3 is 0 Å². The summed E-state index contributed by atoms with van der Waals surface area (Å²) in [4.78, 5) is 2.31. The minimum Gasteiger partial charge on any atom is -0.372 e. The third-order valence-electron chi connectivity index (χ3n) is 4.37. The number of aromatic nitrogens is 3. The topological polar surface area (TPSA) is 57.7 Å². The van der Waals surface area contributed by atoms with Crippen molar-refractivity contribution in [3.63, 3.8) is 0 Å². The molecule has 1 heterocycles. The lowest BCUT2D eigenvalue weighted by Gasteiger charge is -2.21. The van der Waals surface area contributed by atoms with Gasteiger partial charge in [-0.1, -0.05) is 30.0 Å². The Morgan fingerprint density at radius 3 is 2.30 bits per heavy atom. The Hall–Kier alpha value is -2.78. The van der Waals surface area contributed by atoms with Gasteiger partial charge in [-0.05, 0) is 57.2 Å². The predicted molar refractivity (Wildman–Crippen MR) is 111 cm³/mol. The fourth-order valence-electron chi connectivity index (χ4n) is 2.94. The predicted octanol–water partition coefficient (Wildman–Crippen LogP) is 4.78. The van der Waals surface area contributed by atoms with Gasteiger partial charge in [0.1, 0.15) is 0 Å². The lowest BCUT2D eigenvalue weighted by Crippen LogP contribution is -2.21. The molecule has 5 nitrogen and oxygen atoms in total. The molecule has 0 spiro atoms. The zero-order valence-corrected chi connectivity index (χ0v) is 16.6. The first kappa shape index (κ1) is 19.0. The van der Waals surface area contributed by atoms with Crippen LogP contribution < -0.4 is 4.90 Å². The SMILES string of the molecule is CCN(CC)c1ccc(-c2nnc(S[C@@H](C)C#N)n2-c2ccccc2)cc1. The molecule has 6 heteroatoms. The second kappa shape index (κ2) is 8.74. The van der Waals surface area contributed by atoms with Gasteiger partial charge in [0.25, 0.3) is 0 Å². The molecule has 1 aromatic heterocycles. The highest BCUT2D eigenvalue weighted by Crippen LogP contribution is 2.30. The molecule has 138 valence electrons. The van der Waals surface area contributed by atoms with E-state index in [0.29, 0.717) is 0 Å². The van der Waals surface area contributed by atoms with Gasteiger partial charge in [-0.2, -0.15) is 5.26 Å². The number of anilines is 1. The first-order chi connectivity index (χ1) is 13.2. The van der Waals surface area contributed by atoms with Gasteiger partial charge in [0.15, 0.2) is 11.0 Å². The summed E-state index contributed by atoms with van der Waals surface area (Å²) in [6, 6.07) is 20.7. The summed E-state index contributed by atoms with van der Waals surface area (Å²) in [5.41, 5.74) is 3.18. The summed E-state index contributed by atoms with van der Waals surface area (Å²) < 4.78 is 2.02. The fourth-order valence-corrected chi connectivity index (χ4v) is 3.69. The number of hydrogen-bond acceptors (Lipinski definition) is 5. The van der Waals surface area contributed by atoms with Crippen molar-refractivity contribution in [2.45, 2.75) is 31.2 Å². The Labute approximate surface area is 164 Å². The Morgan fingerprint density at radius 2 is 1.70 bits per heavy atom. The molecule has 2 aromatic carbocycles. The number of para-hydroxylation sites is 1. The standard InChI is InChI=1S/C21H23N5S/c1-4-25(5-2)18-13-11-17(12-14-18)20-23-24-21(27-16(3)15-22)26(20)19-9-7-6-8-10-19/h6-14,16H,4-5H2,1-3H3/t16-/m0/s1. The molecule has 0 aliphatic carbocycles. The average Bonchev–Trinajstić information content (AvgIpc) is 3.13. The number of nitriles is 1. The third-order valence-corrected chi connectivity index (χ3v) is 5.30. The molecule has 3 aromatic rings. The summed E-state index contributed by atoms with van der Waals surface area (Å²) in [5, 5.41) is 18.5. The maximum absolute atomic E-state index is 9.18. The molecule has 0 saturated heterocycles. The van der Waals surface area contributed by atoms with Crippen LogP contribution in [0.5, 0.6) is 0 Å². The van der Waals surface area contributed by atoms with Crippen LogP contribution in [-0.4, -0.2) is 33.1 Å². The number of rotatable bonds is 7. The summed E-state index contributed by atoms with van der Waals surface area (Å²) in [5.74, 6) is 0.778. The number of benzene rings is 2. The summed E-state index contributed by atoms with van der Waals surface area (Å²) in [6.45, 7) is 8.13. The lowest BCUT2D eigenvalue weighted by atomic mass is 10.1. The van der Waals surface area contributed by atoms with Crippen molar-refractivity contribution in [1.29, 1.82) is 5.26 Å². The second-order valence-electron chi connectivity index (χ2n) is 6.09. The molecule has 0 N–H and O–H groups in total. The van der Waals surface area contributed by atoms with Gasteiger partial charge in [0.2, 0.25) is 0 Å². The van der Waals surface area contributed by atoms with Gasteiger partial charge in [-0.15, -0.1) is 10.2 Å². The van der Waals surface area contributed by atoms with E-state index in [4.69, 9.17) is 0 Å². The molecule has 0 bridgehead atoms. The van der Waals surface area contributed by atoms with E-state index in [1.54, 1.807) is 0 Å². The number of thioether (sulfide) groups is 1. The van der Waals surface area contributed by atoms with Crippen LogP contribution in [0.25, 0.3) is 17.1 Å². The van der Waals surface area contributed by atoms with Crippen molar-refractivity contribution in [3.05, 3.63) is 54.6 Å². The average molecular weight is 378 g/mol. The summed E-state index contributed by atoms with van der Waals surface area (Å²) in [6.07, 6.45) is 0. The molecule has 3 rings (SSSR count). The van der Waals surface area contributed by atoms with E-state index >= 15 is 0 Å².